The molecule has 0 aliphatic heterocycles. The largest absolute Gasteiger partial charge is 0.323 e. The summed E-state index contributed by atoms with van der Waals surface area (Å²) in [5.41, 5.74) is 10.3. The van der Waals surface area contributed by atoms with Gasteiger partial charge in [-0.05, 0) is 44.0 Å². The highest BCUT2D eigenvalue weighted by Gasteiger charge is 2.18. The molecule has 1 aromatic carbocycles. The van der Waals surface area contributed by atoms with Gasteiger partial charge in [-0.1, -0.05) is 30.8 Å². The summed E-state index contributed by atoms with van der Waals surface area (Å²) in [5.74, 6) is -0.251. The molecule has 0 bridgehead atoms. The van der Waals surface area contributed by atoms with Crippen molar-refractivity contribution in [3.8, 4) is 0 Å². The molecule has 2 unspecified atom stereocenters. The zero-order valence-corrected chi connectivity index (χ0v) is 13.5. The summed E-state index contributed by atoms with van der Waals surface area (Å²) in [6.45, 7) is 8.02. The van der Waals surface area contributed by atoms with E-state index < -0.39 is 0 Å². The van der Waals surface area contributed by atoms with Gasteiger partial charge in [-0.15, -0.1) is 0 Å². The molecule has 0 spiro atoms. The Morgan fingerprint density at radius 3 is 2.10 bits per heavy atom. The van der Waals surface area contributed by atoms with Crippen molar-refractivity contribution in [3.63, 3.8) is 0 Å². The predicted octanol–water partition coefficient (Wildman–Crippen LogP) is 3.72. The molecule has 0 amide bonds. The number of aryl methyl sites for hydroxylation is 2. The maximum absolute atomic E-state index is 13.0. The van der Waals surface area contributed by atoms with Crippen molar-refractivity contribution in [1.82, 2.24) is 9.97 Å². The smallest absolute Gasteiger partial charge is 0.188 e. The number of nitrogens with zero attached hydrogens (tertiary/aromatic N) is 2. The van der Waals surface area contributed by atoms with Gasteiger partial charge < -0.3 is 5.73 Å². The highest BCUT2D eigenvalue weighted by atomic mass is 32.2. The van der Waals surface area contributed by atoms with E-state index >= 15 is 0 Å². The molecule has 0 saturated carbocycles. The van der Waals surface area contributed by atoms with Crippen LogP contribution in [-0.2, 0) is 0 Å². The lowest BCUT2D eigenvalue weighted by Crippen LogP contribution is -2.21. The molecule has 112 valence electrons. The average Bonchev–Trinajstić information content (AvgIpc) is 2.44. The topological polar surface area (TPSA) is 51.8 Å². The number of hydrogen-bond acceptors (Lipinski definition) is 4. The summed E-state index contributed by atoms with van der Waals surface area (Å²) in [6, 6.07) is 6.13. The first-order valence-electron chi connectivity index (χ1n) is 6.88. The van der Waals surface area contributed by atoms with Crippen molar-refractivity contribution < 1.29 is 4.39 Å². The van der Waals surface area contributed by atoms with Crippen LogP contribution in [0.25, 0.3) is 0 Å². The summed E-state index contributed by atoms with van der Waals surface area (Å²) in [7, 11) is 0. The van der Waals surface area contributed by atoms with E-state index in [4.69, 9.17) is 5.73 Å². The third kappa shape index (κ3) is 3.80. The monoisotopic (exact) mass is 305 g/mol. The van der Waals surface area contributed by atoms with Gasteiger partial charge >= 0.3 is 0 Å². The van der Waals surface area contributed by atoms with Crippen molar-refractivity contribution in [2.45, 2.75) is 44.1 Å². The van der Waals surface area contributed by atoms with Crippen LogP contribution < -0.4 is 5.73 Å². The van der Waals surface area contributed by atoms with Crippen LogP contribution in [0.4, 0.5) is 4.39 Å². The maximum Gasteiger partial charge on any atom is 0.188 e. The molecule has 21 heavy (non-hydrogen) atoms. The molecular weight excluding hydrogens is 285 g/mol. The molecule has 1 heterocycles. The fourth-order valence-corrected chi connectivity index (χ4v) is 3.01. The second-order valence-corrected chi connectivity index (χ2v) is 6.55. The van der Waals surface area contributed by atoms with Gasteiger partial charge in [0.15, 0.2) is 5.16 Å². The van der Waals surface area contributed by atoms with Gasteiger partial charge in [-0.2, -0.15) is 0 Å². The van der Waals surface area contributed by atoms with Gasteiger partial charge in [0.1, 0.15) is 5.82 Å². The Labute approximate surface area is 129 Å². The highest BCUT2D eigenvalue weighted by molar-refractivity contribution is 7.99. The predicted molar refractivity (Wildman–Crippen MR) is 84.9 cm³/mol. The fourth-order valence-electron chi connectivity index (χ4n) is 1.99. The molecule has 0 aliphatic rings. The van der Waals surface area contributed by atoms with Crippen LogP contribution in [0.3, 0.4) is 0 Å². The Balaban J connectivity index is 2.13. The lowest BCUT2D eigenvalue weighted by atomic mass is 10.1. The van der Waals surface area contributed by atoms with E-state index in [0.29, 0.717) is 0 Å². The average molecular weight is 305 g/mol. The summed E-state index contributed by atoms with van der Waals surface area (Å²) < 4.78 is 13.0. The standard InChI is InChI=1S/C16H20FN3S/c1-9-10(2)19-16(20-11(9)3)21-12(4)15(18)13-5-7-14(17)8-6-13/h5-8,12,15H,18H2,1-4H3. The number of nitrogens with two attached hydrogens (primary N) is 1. The van der Waals surface area contributed by atoms with Gasteiger partial charge in [-0.25, -0.2) is 14.4 Å². The number of hydrogen-bond donors (Lipinski definition) is 1. The minimum Gasteiger partial charge on any atom is -0.323 e. The van der Waals surface area contributed by atoms with Crippen LogP contribution in [0.5, 0.6) is 0 Å². The van der Waals surface area contributed by atoms with Crippen LogP contribution in [-0.4, -0.2) is 15.2 Å². The van der Waals surface area contributed by atoms with E-state index in [1.54, 1.807) is 23.9 Å². The SMILES string of the molecule is Cc1nc(SC(C)C(N)c2ccc(F)cc2)nc(C)c1C. The van der Waals surface area contributed by atoms with E-state index in [9.17, 15) is 4.39 Å². The summed E-state index contributed by atoms with van der Waals surface area (Å²) in [6.07, 6.45) is 0. The zero-order chi connectivity index (χ0) is 15.6. The van der Waals surface area contributed by atoms with Crippen LogP contribution in [0, 0.1) is 26.6 Å². The van der Waals surface area contributed by atoms with Crippen LogP contribution in [0.1, 0.15) is 35.5 Å². The van der Waals surface area contributed by atoms with Crippen LogP contribution >= 0.6 is 11.8 Å². The minimum absolute atomic E-state index is 0.0944. The molecule has 2 N–H and O–H groups in total. The molecule has 0 saturated heterocycles. The maximum atomic E-state index is 13.0. The molecule has 5 heteroatoms. The third-order valence-corrected chi connectivity index (χ3v) is 4.72. The van der Waals surface area contributed by atoms with Crippen LogP contribution in [0.2, 0.25) is 0 Å². The molecule has 0 fully saturated rings. The van der Waals surface area contributed by atoms with Crippen molar-refractivity contribution in [2.75, 3.05) is 0 Å². The lowest BCUT2D eigenvalue weighted by molar-refractivity contribution is 0.624. The van der Waals surface area contributed by atoms with E-state index in [2.05, 4.69) is 9.97 Å². The van der Waals surface area contributed by atoms with Gasteiger partial charge in [0.2, 0.25) is 0 Å². The van der Waals surface area contributed by atoms with E-state index in [-0.39, 0.29) is 17.1 Å². The Hall–Kier alpha value is -1.46. The number of aromatic nitrogens is 2. The number of benzene rings is 1. The Morgan fingerprint density at radius 2 is 1.57 bits per heavy atom. The molecule has 2 aromatic rings. The van der Waals surface area contributed by atoms with Gasteiger partial charge in [0.05, 0.1) is 0 Å². The molecule has 2 rings (SSSR count). The van der Waals surface area contributed by atoms with Gasteiger partial charge in [0.25, 0.3) is 0 Å². The first-order chi connectivity index (χ1) is 9.88. The van der Waals surface area contributed by atoms with Crippen molar-refractivity contribution in [1.29, 1.82) is 0 Å². The normalized spacial score (nSPS) is 14.0. The number of rotatable bonds is 4. The molecular formula is C16H20FN3S. The number of halogens is 1. The summed E-state index contributed by atoms with van der Waals surface area (Å²) >= 11 is 1.55. The fraction of sp³-hybridized carbons (Fsp3) is 0.375. The molecule has 0 radical (unpaired) electrons. The number of thioether (sulfide) groups is 1. The van der Waals surface area contributed by atoms with Gasteiger partial charge in [0, 0.05) is 22.7 Å². The quantitative estimate of drug-likeness (QED) is 0.691. The Kier molecular flexibility index (Phi) is 4.96. The third-order valence-electron chi connectivity index (χ3n) is 3.66. The minimum atomic E-state index is -0.251. The first-order valence-corrected chi connectivity index (χ1v) is 7.76. The highest BCUT2D eigenvalue weighted by Crippen LogP contribution is 2.29. The molecule has 1 aromatic heterocycles. The van der Waals surface area contributed by atoms with Gasteiger partial charge in [-0.3, -0.25) is 0 Å². The molecule has 0 aliphatic carbocycles. The second kappa shape index (κ2) is 6.54. The van der Waals surface area contributed by atoms with Crippen molar-refractivity contribution >= 4 is 11.8 Å². The first kappa shape index (κ1) is 15.9. The summed E-state index contributed by atoms with van der Waals surface area (Å²) in [5, 5.41) is 0.831. The lowest BCUT2D eigenvalue weighted by Gasteiger charge is -2.19. The van der Waals surface area contributed by atoms with Crippen molar-refractivity contribution in [2.24, 2.45) is 5.73 Å². The van der Waals surface area contributed by atoms with E-state index in [0.717, 1.165) is 27.7 Å². The van der Waals surface area contributed by atoms with E-state index in [1.165, 1.54) is 12.1 Å². The Bertz CT molecular complexity index is 605. The zero-order valence-electron chi connectivity index (χ0n) is 12.7. The molecule has 2 atom stereocenters. The van der Waals surface area contributed by atoms with Crippen LogP contribution in [0.15, 0.2) is 29.4 Å². The second-order valence-electron chi connectivity index (χ2n) is 5.20. The van der Waals surface area contributed by atoms with E-state index in [1.807, 2.05) is 27.7 Å². The Morgan fingerprint density at radius 1 is 1.05 bits per heavy atom. The summed E-state index contributed by atoms with van der Waals surface area (Å²) in [4.78, 5) is 9.00. The molecule has 3 nitrogen and oxygen atoms in total. The van der Waals surface area contributed by atoms with Crippen molar-refractivity contribution in [3.05, 3.63) is 52.6 Å².